The quantitative estimate of drug-likeness (QED) is 0.304. The number of nitrogen functional groups attached to an aromatic ring is 1. The average Bonchev–Trinajstić information content (AvgIpc) is 3.87. The predicted octanol–water partition coefficient (Wildman–Crippen LogP) is 4.70. The number of nitrogens with zero attached hydrogens (tertiary/aromatic N) is 9. The molecule has 7 heterocycles. The molecule has 0 saturated carbocycles. The molecule has 0 radical (unpaired) electrons. The van der Waals surface area contributed by atoms with Crippen molar-refractivity contribution in [2.24, 2.45) is 0 Å². The number of hydrogen-bond acceptors (Lipinski definition) is 12. The normalized spacial score (nSPS) is 28.4. The standard InChI is InChI=1S/C36H44N10O3S/c1-5-44-33-25-31(45-18-35(3,48)15-12-23(45)34(44)47)39-30(40-32(25)46(41-33)19(2)22-10-8-16-43(22)4)27-20-9-6-13-36(28(20)49-42-27)14-7-11-24-26(36)21(17-37)29(38)50-24/h19,22-23,48H,5-16,18,38H2,1-4H3. The van der Waals surface area contributed by atoms with Crippen molar-refractivity contribution < 1.29 is 14.4 Å². The topological polar surface area (TPSA) is 166 Å². The zero-order valence-electron chi connectivity index (χ0n) is 29.2. The molecule has 5 unspecified atom stereocenters. The first-order chi connectivity index (χ1) is 24.1. The second kappa shape index (κ2) is 11.2. The first-order valence-electron chi connectivity index (χ1n) is 18.2. The Morgan fingerprint density at radius 3 is 2.70 bits per heavy atom. The minimum Gasteiger partial charge on any atom is -0.389 e. The molecule has 2 aliphatic carbocycles. The molecule has 1 spiro atoms. The summed E-state index contributed by atoms with van der Waals surface area (Å²) in [7, 11) is 2.16. The summed E-state index contributed by atoms with van der Waals surface area (Å²) in [5.41, 5.74) is 8.76. The van der Waals surface area contributed by atoms with Crippen LogP contribution in [0.1, 0.15) is 106 Å². The predicted molar refractivity (Wildman–Crippen MR) is 190 cm³/mol. The number of nitrogens with two attached hydrogens (primary N) is 1. The Labute approximate surface area is 295 Å². The highest BCUT2D eigenvalue weighted by Crippen LogP contribution is 2.55. The molecule has 5 atom stereocenters. The summed E-state index contributed by atoms with van der Waals surface area (Å²) >= 11 is 1.53. The Balaban J connectivity index is 1.28. The van der Waals surface area contributed by atoms with Crippen LogP contribution in [0.4, 0.5) is 16.6 Å². The van der Waals surface area contributed by atoms with Gasteiger partial charge in [0.2, 0.25) is 0 Å². The van der Waals surface area contributed by atoms with E-state index in [0.717, 1.165) is 80.2 Å². The van der Waals surface area contributed by atoms with E-state index in [9.17, 15) is 15.2 Å². The summed E-state index contributed by atoms with van der Waals surface area (Å²) in [5, 5.41) is 32.8. The number of nitriles is 1. The molecule has 13 nitrogen and oxygen atoms in total. The molecular formula is C36H44N10O3S. The third-order valence-electron chi connectivity index (χ3n) is 12.3. The highest BCUT2D eigenvalue weighted by atomic mass is 32.1. The fourth-order valence-corrected chi connectivity index (χ4v) is 11.1. The number of aromatic nitrogens is 5. The molecule has 4 aromatic heterocycles. The monoisotopic (exact) mass is 696 g/mol. The molecule has 2 saturated heterocycles. The van der Waals surface area contributed by atoms with Crippen molar-refractivity contribution in [1.29, 1.82) is 5.26 Å². The van der Waals surface area contributed by atoms with Gasteiger partial charge in [-0.15, -0.1) is 11.3 Å². The number of aryl methyl sites for hydroxylation is 1. The SMILES string of the molecule is CCN1C(=O)C2CCC(C)(O)CN2c2nc(-c3noc4c3CCCC43CCCc4sc(N)c(C#N)c43)nc3c2c1nn3C(C)C1CCCN1C. The Kier molecular flexibility index (Phi) is 7.16. The molecule has 5 aliphatic rings. The minimum absolute atomic E-state index is 0.0218. The lowest BCUT2D eigenvalue weighted by atomic mass is 9.63. The Morgan fingerprint density at radius 2 is 1.96 bits per heavy atom. The molecular weight excluding hydrogens is 653 g/mol. The van der Waals surface area contributed by atoms with Crippen molar-refractivity contribution in [3.8, 4) is 17.6 Å². The van der Waals surface area contributed by atoms with E-state index in [1.165, 1.54) is 16.2 Å². The summed E-state index contributed by atoms with van der Waals surface area (Å²) in [4.78, 5) is 32.2. The number of thiophene rings is 1. The van der Waals surface area contributed by atoms with Crippen molar-refractivity contribution in [2.45, 2.75) is 114 Å². The fourth-order valence-electron chi connectivity index (χ4n) is 9.94. The van der Waals surface area contributed by atoms with E-state index in [1.807, 2.05) is 23.4 Å². The number of carbonyl (C=O) groups excluding carboxylic acids is 1. The van der Waals surface area contributed by atoms with E-state index >= 15 is 0 Å². The second-order valence-corrected chi connectivity index (χ2v) is 16.5. The van der Waals surface area contributed by atoms with Crippen molar-refractivity contribution in [1.82, 2.24) is 29.8 Å². The lowest BCUT2D eigenvalue weighted by Gasteiger charge is -2.42. The molecule has 1 amide bonds. The van der Waals surface area contributed by atoms with Gasteiger partial charge in [-0.2, -0.15) is 10.4 Å². The molecule has 3 N–H and O–H groups in total. The lowest BCUT2D eigenvalue weighted by Crippen LogP contribution is -2.57. The van der Waals surface area contributed by atoms with Crippen LogP contribution in [-0.2, 0) is 23.1 Å². The molecule has 262 valence electrons. The Morgan fingerprint density at radius 1 is 1.16 bits per heavy atom. The van der Waals surface area contributed by atoms with Gasteiger partial charge in [0.15, 0.2) is 28.7 Å². The first kappa shape index (κ1) is 31.9. The number of likely N-dealkylation sites (tertiary alicyclic amines) is 1. The van der Waals surface area contributed by atoms with E-state index in [-0.39, 0.29) is 24.5 Å². The van der Waals surface area contributed by atoms with E-state index in [4.69, 9.17) is 30.5 Å². The number of rotatable bonds is 4. The number of piperidine rings is 1. The van der Waals surface area contributed by atoms with Crippen LogP contribution in [-0.4, -0.2) is 85.2 Å². The second-order valence-electron chi connectivity index (χ2n) is 15.4. The van der Waals surface area contributed by atoms with Gasteiger partial charge in [-0.25, -0.2) is 14.6 Å². The smallest absolute Gasteiger partial charge is 0.250 e. The van der Waals surface area contributed by atoms with Crippen molar-refractivity contribution in [3.05, 3.63) is 27.3 Å². The van der Waals surface area contributed by atoms with Gasteiger partial charge < -0.3 is 25.2 Å². The van der Waals surface area contributed by atoms with Crippen molar-refractivity contribution in [3.63, 3.8) is 0 Å². The Hall–Kier alpha value is -4.06. The molecule has 14 heteroatoms. The molecule has 4 aromatic rings. The number of hydrogen-bond donors (Lipinski definition) is 2. The van der Waals surface area contributed by atoms with Crippen LogP contribution in [0.2, 0.25) is 0 Å². The molecule has 0 bridgehead atoms. The molecule has 9 rings (SSSR count). The van der Waals surface area contributed by atoms with Gasteiger partial charge in [0, 0.05) is 29.6 Å². The summed E-state index contributed by atoms with van der Waals surface area (Å²) in [6.07, 6.45) is 8.44. The third-order valence-corrected chi connectivity index (χ3v) is 13.4. The molecule has 0 aromatic carbocycles. The maximum absolute atomic E-state index is 14.3. The van der Waals surface area contributed by atoms with Crippen molar-refractivity contribution >= 4 is 44.9 Å². The van der Waals surface area contributed by atoms with Gasteiger partial charge in [0.05, 0.1) is 22.6 Å². The van der Waals surface area contributed by atoms with E-state index < -0.39 is 17.1 Å². The van der Waals surface area contributed by atoms with Gasteiger partial charge in [-0.05, 0) is 104 Å². The van der Waals surface area contributed by atoms with Gasteiger partial charge in [-0.1, -0.05) is 5.16 Å². The van der Waals surface area contributed by atoms with Crippen LogP contribution in [0, 0.1) is 11.3 Å². The highest BCUT2D eigenvalue weighted by molar-refractivity contribution is 7.16. The van der Waals surface area contributed by atoms with E-state index in [0.29, 0.717) is 58.8 Å². The van der Waals surface area contributed by atoms with Crippen LogP contribution in [0.5, 0.6) is 0 Å². The third kappa shape index (κ3) is 4.38. The summed E-state index contributed by atoms with van der Waals surface area (Å²) in [6, 6.07) is 2.17. The van der Waals surface area contributed by atoms with Crippen LogP contribution in [0.25, 0.3) is 22.6 Å². The summed E-state index contributed by atoms with van der Waals surface area (Å²) < 4.78 is 8.37. The lowest BCUT2D eigenvalue weighted by molar-refractivity contribution is -0.121. The van der Waals surface area contributed by atoms with Crippen LogP contribution < -0.4 is 15.5 Å². The maximum Gasteiger partial charge on any atom is 0.250 e. The zero-order chi connectivity index (χ0) is 34.7. The maximum atomic E-state index is 14.3. The number of aliphatic hydroxyl groups is 1. The highest BCUT2D eigenvalue weighted by Gasteiger charge is 2.50. The molecule has 3 aliphatic heterocycles. The number of fused-ring (bicyclic) bond motifs is 6. The summed E-state index contributed by atoms with van der Waals surface area (Å²) in [5.74, 6) is 2.37. The van der Waals surface area contributed by atoms with Gasteiger partial charge in [-0.3, -0.25) is 9.69 Å². The van der Waals surface area contributed by atoms with Crippen molar-refractivity contribution in [2.75, 3.05) is 42.2 Å². The first-order valence-corrected chi connectivity index (χ1v) is 19.0. The zero-order valence-corrected chi connectivity index (χ0v) is 30.0. The summed E-state index contributed by atoms with van der Waals surface area (Å²) in [6.45, 7) is 7.74. The number of anilines is 3. The van der Waals surface area contributed by atoms with Crippen LogP contribution in [0.3, 0.4) is 0 Å². The number of carbonyl (C=O) groups is 1. The molecule has 50 heavy (non-hydrogen) atoms. The van der Waals surface area contributed by atoms with Gasteiger partial charge in [0.25, 0.3) is 5.91 Å². The fraction of sp³-hybridized carbons (Fsp3) is 0.611. The van der Waals surface area contributed by atoms with Gasteiger partial charge in [0.1, 0.15) is 28.3 Å². The minimum atomic E-state index is -0.995. The van der Waals surface area contributed by atoms with E-state index in [2.05, 4.69) is 24.9 Å². The van der Waals surface area contributed by atoms with Gasteiger partial charge >= 0.3 is 0 Å². The van der Waals surface area contributed by atoms with Crippen LogP contribution >= 0.6 is 11.3 Å². The van der Waals surface area contributed by atoms with E-state index in [1.54, 1.807) is 4.90 Å². The van der Waals surface area contributed by atoms with Crippen LogP contribution in [0.15, 0.2) is 4.52 Å². The number of likely N-dealkylation sites (N-methyl/N-ethyl adjacent to an activating group) is 2. The number of amides is 1. The average molecular weight is 697 g/mol. The Bertz CT molecular complexity index is 2090. The molecule has 2 fully saturated rings. The largest absolute Gasteiger partial charge is 0.389 e.